The molecule has 1 amide bonds. The number of primary amides is 1. The maximum absolute atomic E-state index is 11.1. The molecule has 1 rings (SSSR count). The summed E-state index contributed by atoms with van der Waals surface area (Å²) in [5, 5.41) is 0. The van der Waals surface area contributed by atoms with Crippen LogP contribution in [0, 0.1) is 5.92 Å². The number of halogens is 1. The number of nitrogens with two attached hydrogens (primary N) is 1. The van der Waals surface area contributed by atoms with Crippen LogP contribution in [0.25, 0.3) is 0 Å². The zero-order chi connectivity index (χ0) is 13.7. The molecule has 0 fully saturated rings. The Bertz CT molecular complexity index is 447. The van der Waals surface area contributed by atoms with Gasteiger partial charge in [-0.05, 0) is 40.0 Å². The molecule has 0 aliphatic heterocycles. The Morgan fingerprint density at radius 2 is 2.17 bits per heavy atom. The Kier molecular flexibility index (Phi) is 5.34. The van der Waals surface area contributed by atoms with Crippen LogP contribution in [-0.2, 0) is 4.79 Å². The summed E-state index contributed by atoms with van der Waals surface area (Å²) in [5.74, 6) is 0.0418. The molecule has 4 nitrogen and oxygen atoms in total. The van der Waals surface area contributed by atoms with Crippen LogP contribution in [0.3, 0.4) is 0 Å². The topological polar surface area (TPSA) is 63.4 Å². The Hall–Kier alpha value is -1.36. The van der Waals surface area contributed by atoms with E-state index in [0.717, 1.165) is 18.5 Å². The highest BCUT2D eigenvalue weighted by Crippen LogP contribution is 2.23. The summed E-state index contributed by atoms with van der Waals surface area (Å²) < 4.78 is 0.716. The predicted octanol–water partition coefficient (Wildman–Crippen LogP) is 2.21. The number of hydrogen-bond donors (Lipinski definition) is 1. The summed E-state index contributed by atoms with van der Waals surface area (Å²) in [7, 11) is 0. The lowest BCUT2D eigenvalue weighted by Gasteiger charge is -2.25. The van der Waals surface area contributed by atoms with Crippen LogP contribution in [-0.4, -0.2) is 25.3 Å². The van der Waals surface area contributed by atoms with E-state index in [1.807, 2.05) is 17.0 Å². The Balaban J connectivity index is 3.00. The van der Waals surface area contributed by atoms with E-state index >= 15 is 0 Å². The standard InChI is InChI=1S/C13H17BrN2O2/c1-9(2)6-16(7-13(15)18)11-4-3-10(8-17)12(14)5-11/h3-5,8-9H,6-7H2,1-2H3,(H2,15,18). The monoisotopic (exact) mass is 312 g/mol. The number of carbonyl (C=O) groups is 2. The van der Waals surface area contributed by atoms with Gasteiger partial charge in [-0.3, -0.25) is 9.59 Å². The quantitative estimate of drug-likeness (QED) is 0.819. The van der Waals surface area contributed by atoms with Gasteiger partial charge in [-0.2, -0.15) is 0 Å². The fraction of sp³-hybridized carbons (Fsp3) is 0.385. The lowest BCUT2D eigenvalue weighted by molar-refractivity contribution is -0.116. The van der Waals surface area contributed by atoms with Gasteiger partial charge in [-0.1, -0.05) is 13.8 Å². The Labute approximate surface area is 115 Å². The summed E-state index contributed by atoms with van der Waals surface area (Å²) >= 11 is 3.33. The van der Waals surface area contributed by atoms with E-state index in [9.17, 15) is 9.59 Å². The van der Waals surface area contributed by atoms with Crippen LogP contribution in [0.15, 0.2) is 22.7 Å². The van der Waals surface area contributed by atoms with Gasteiger partial charge in [0, 0.05) is 22.3 Å². The molecule has 0 saturated carbocycles. The summed E-state index contributed by atoms with van der Waals surface area (Å²) in [5.41, 5.74) is 6.71. The molecular weight excluding hydrogens is 296 g/mol. The highest BCUT2D eigenvalue weighted by Gasteiger charge is 2.12. The molecule has 0 heterocycles. The molecule has 18 heavy (non-hydrogen) atoms. The van der Waals surface area contributed by atoms with Gasteiger partial charge in [0.2, 0.25) is 5.91 Å². The zero-order valence-corrected chi connectivity index (χ0v) is 12.1. The van der Waals surface area contributed by atoms with Gasteiger partial charge in [-0.25, -0.2) is 0 Å². The van der Waals surface area contributed by atoms with Crippen molar-refractivity contribution in [3.8, 4) is 0 Å². The van der Waals surface area contributed by atoms with Crippen LogP contribution < -0.4 is 10.6 Å². The number of aldehydes is 1. The molecule has 0 aromatic heterocycles. The fourth-order valence-electron chi connectivity index (χ4n) is 1.70. The van der Waals surface area contributed by atoms with Gasteiger partial charge in [-0.15, -0.1) is 0 Å². The van der Waals surface area contributed by atoms with Crippen molar-refractivity contribution in [3.05, 3.63) is 28.2 Å². The third-order valence-corrected chi connectivity index (χ3v) is 3.10. The smallest absolute Gasteiger partial charge is 0.236 e. The Morgan fingerprint density at radius 3 is 2.61 bits per heavy atom. The van der Waals surface area contributed by atoms with Crippen molar-refractivity contribution in [1.29, 1.82) is 0 Å². The minimum absolute atomic E-state index is 0.172. The number of hydrogen-bond acceptors (Lipinski definition) is 3. The van der Waals surface area contributed by atoms with Crippen molar-refractivity contribution in [2.45, 2.75) is 13.8 Å². The predicted molar refractivity (Wildman–Crippen MR) is 75.8 cm³/mol. The first-order valence-corrected chi connectivity index (χ1v) is 6.51. The average Bonchev–Trinajstić information content (AvgIpc) is 2.26. The van der Waals surface area contributed by atoms with Crippen LogP contribution in [0.4, 0.5) is 5.69 Å². The molecule has 0 radical (unpaired) electrons. The first-order chi connectivity index (χ1) is 8.43. The zero-order valence-electron chi connectivity index (χ0n) is 10.5. The molecular formula is C13H17BrN2O2. The van der Waals surface area contributed by atoms with E-state index in [1.165, 1.54) is 0 Å². The fourth-order valence-corrected chi connectivity index (χ4v) is 2.16. The summed E-state index contributed by atoms with van der Waals surface area (Å²) in [6, 6.07) is 5.37. The van der Waals surface area contributed by atoms with Crippen LogP contribution in [0.5, 0.6) is 0 Å². The largest absolute Gasteiger partial charge is 0.368 e. The molecule has 2 N–H and O–H groups in total. The second-order valence-electron chi connectivity index (χ2n) is 4.56. The molecule has 1 aromatic rings. The third-order valence-electron chi connectivity index (χ3n) is 2.41. The van der Waals surface area contributed by atoms with Gasteiger partial charge < -0.3 is 10.6 Å². The van der Waals surface area contributed by atoms with E-state index in [4.69, 9.17) is 5.73 Å². The number of amides is 1. The number of benzene rings is 1. The van der Waals surface area contributed by atoms with Crippen molar-refractivity contribution < 1.29 is 9.59 Å². The molecule has 0 aliphatic carbocycles. The van der Waals surface area contributed by atoms with E-state index in [-0.39, 0.29) is 12.5 Å². The molecule has 1 aromatic carbocycles. The van der Waals surface area contributed by atoms with E-state index < -0.39 is 0 Å². The van der Waals surface area contributed by atoms with Gasteiger partial charge in [0.1, 0.15) is 0 Å². The first-order valence-electron chi connectivity index (χ1n) is 5.72. The van der Waals surface area contributed by atoms with Crippen molar-refractivity contribution >= 4 is 33.8 Å². The minimum atomic E-state index is -0.369. The van der Waals surface area contributed by atoms with Crippen molar-refractivity contribution in [2.75, 3.05) is 18.0 Å². The van der Waals surface area contributed by atoms with Gasteiger partial charge >= 0.3 is 0 Å². The number of carbonyl (C=O) groups excluding carboxylic acids is 2. The lowest BCUT2D eigenvalue weighted by atomic mass is 10.1. The highest BCUT2D eigenvalue weighted by molar-refractivity contribution is 9.10. The van der Waals surface area contributed by atoms with Crippen molar-refractivity contribution in [2.24, 2.45) is 11.7 Å². The van der Waals surface area contributed by atoms with E-state index in [0.29, 0.717) is 16.0 Å². The van der Waals surface area contributed by atoms with Crippen LogP contribution in [0.1, 0.15) is 24.2 Å². The van der Waals surface area contributed by atoms with Gasteiger partial charge in [0.15, 0.2) is 6.29 Å². The second kappa shape index (κ2) is 6.54. The maximum Gasteiger partial charge on any atom is 0.236 e. The number of anilines is 1. The molecule has 0 aliphatic rings. The van der Waals surface area contributed by atoms with Crippen molar-refractivity contribution in [1.82, 2.24) is 0 Å². The van der Waals surface area contributed by atoms with Gasteiger partial charge in [0.05, 0.1) is 6.54 Å². The lowest BCUT2D eigenvalue weighted by Crippen LogP contribution is -2.36. The second-order valence-corrected chi connectivity index (χ2v) is 5.42. The molecule has 0 atom stereocenters. The van der Waals surface area contributed by atoms with Gasteiger partial charge in [0.25, 0.3) is 0 Å². The normalized spacial score (nSPS) is 10.4. The molecule has 0 unspecified atom stereocenters. The average molecular weight is 313 g/mol. The van der Waals surface area contributed by atoms with Crippen molar-refractivity contribution in [3.63, 3.8) is 0 Å². The number of nitrogens with zero attached hydrogens (tertiary/aromatic N) is 1. The third kappa shape index (κ3) is 4.14. The van der Waals surface area contributed by atoms with E-state index in [2.05, 4.69) is 29.8 Å². The summed E-state index contributed by atoms with van der Waals surface area (Å²) in [4.78, 5) is 23.7. The Morgan fingerprint density at radius 1 is 1.50 bits per heavy atom. The first kappa shape index (κ1) is 14.7. The maximum atomic E-state index is 11.1. The minimum Gasteiger partial charge on any atom is -0.368 e. The van der Waals surface area contributed by atoms with Crippen LogP contribution >= 0.6 is 15.9 Å². The molecule has 0 saturated heterocycles. The molecule has 0 bridgehead atoms. The summed E-state index contributed by atoms with van der Waals surface area (Å²) in [6.07, 6.45) is 0.786. The number of rotatable bonds is 6. The highest BCUT2D eigenvalue weighted by atomic mass is 79.9. The van der Waals surface area contributed by atoms with Crippen LogP contribution in [0.2, 0.25) is 0 Å². The summed E-state index contributed by atoms with van der Waals surface area (Å²) in [6.45, 7) is 5.05. The molecule has 0 spiro atoms. The molecule has 98 valence electrons. The SMILES string of the molecule is CC(C)CN(CC(N)=O)c1ccc(C=O)c(Br)c1. The molecule has 5 heteroatoms. The van der Waals surface area contributed by atoms with E-state index in [1.54, 1.807) is 6.07 Å².